The van der Waals surface area contributed by atoms with Crippen molar-refractivity contribution in [1.82, 2.24) is 0 Å². The van der Waals surface area contributed by atoms with Crippen LogP contribution in [0.1, 0.15) is 17.5 Å². The van der Waals surface area contributed by atoms with Gasteiger partial charge in [-0.3, -0.25) is 9.59 Å². The molecule has 1 aliphatic rings. The SMILES string of the molecule is O=C(OCc1c(F)cccc1Cl)[C@H]1CC(=O)N(c2ccc(OCc3c(F)cccc3Cl)cc2)C1. The van der Waals surface area contributed by atoms with Gasteiger partial charge in [0.25, 0.3) is 0 Å². The molecule has 34 heavy (non-hydrogen) atoms. The number of nitrogens with zero attached hydrogens (tertiary/aromatic N) is 1. The van der Waals surface area contributed by atoms with Gasteiger partial charge in [-0.1, -0.05) is 35.3 Å². The Bertz CT molecular complexity index is 1180. The Balaban J connectivity index is 1.35. The standard InChI is InChI=1S/C25H19Cl2F2NO4/c26-20-3-1-5-22(28)18(20)13-33-17-9-7-16(8-10-17)30-12-15(11-24(30)31)25(32)34-14-19-21(27)4-2-6-23(19)29/h1-10,15H,11-14H2/t15-/m0/s1. The molecule has 1 atom stereocenters. The van der Waals surface area contributed by atoms with Crippen molar-refractivity contribution in [2.75, 3.05) is 11.4 Å². The number of rotatable bonds is 7. The van der Waals surface area contributed by atoms with E-state index in [2.05, 4.69) is 0 Å². The maximum Gasteiger partial charge on any atom is 0.311 e. The van der Waals surface area contributed by atoms with E-state index in [1.807, 2.05) is 0 Å². The van der Waals surface area contributed by atoms with E-state index < -0.39 is 23.5 Å². The molecule has 0 radical (unpaired) electrons. The number of esters is 1. The van der Waals surface area contributed by atoms with E-state index in [4.69, 9.17) is 32.7 Å². The smallest absolute Gasteiger partial charge is 0.311 e. The van der Waals surface area contributed by atoms with Crippen LogP contribution in [0.15, 0.2) is 60.7 Å². The Hall–Kier alpha value is -3.16. The maximum atomic E-state index is 13.9. The minimum Gasteiger partial charge on any atom is -0.489 e. The largest absolute Gasteiger partial charge is 0.489 e. The lowest BCUT2D eigenvalue weighted by molar-refractivity contribution is -0.149. The zero-order chi connectivity index (χ0) is 24.2. The van der Waals surface area contributed by atoms with Crippen molar-refractivity contribution in [3.05, 3.63) is 93.5 Å². The van der Waals surface area contributed by atoms with E-state index in [0.29, 0.717) is 11.4 Å². The van der Waals surface area contributed by atoms with Gasteiger partial charge in [0.1, 0.15) is 30.6 Å². The van der Waals surface area contributed by atoms with E-state index >= 15 is 0 Å². The molecule has 0 N–H and O–H groups in total. The zero-order valence-electron chi connectivity index (χ0n) is 17.8. The molecule has 3 aromatic rings. The van der Waals surface area contributed by atoms with Crippen molar-refractivity contribution in [3.63, 3.8) is 0 Å². The first-order chi connectivity index (χ1) is 16.3. The number of carbonyl (C=O) groups excluding carboxylic acids is 2. The molecule has 176 valence electrons. The van der Waals surface area contributed by atoms with Crippen LogP contribution in [0.3, 0.4) is 0 Å². The first kappa shape index (κ1) is 24.0. The number of hydrogen-bond acceptors (Lipinski definition) is 4. The fourth-order valence-electron chi connectivity index (χ4n) is 3.59. The highest BCUT2D eigenvalue weighted by molar-refractivity contribution is 6.31. The van der Waals surface area contributed by atoms with Gasteiger partial charge in [-0.05, 0) is 48.5 Å². The summed E-state index contributed by atoms with van der Waals surface area (Å²) in [6.45, 7) is -0.228. The van der Waals surface area contributed by atoms with E-state index in [-0.39, 0.29) is 53.3 Å². The highest BCUT2D eigenvalue weighted by Crippen LogP contribution is 2.29. The molecule has 1 heterocycles. The second-order valence-corrected chi connectivity index (χ2v) is 8.51. The summed E-state index contributed by atoms with van der Waals surface area (Å²) in [5, 5.41) is 0.436. The lowest BCUT2D eigenvalue weighted by Gasteiger charge is -2.17. The van der Waals surface area contributed by atoms with Crippen LogP contribution in [-0.4, -0.2) is 18.4 Å². The van der Waals surface area contributed by atoms with Gasteiger partial charge in [0.15, 0.2) is 0 Å². The van der Waals surface area contributed by atoms with Crippen LogP contribution in [0.5, 0.6) is 5.75 Å². The summed E-state index contributed by atoms with van der Waals surface area (Å²) in [5.41, 5.74) is 0.917. The molecule has 1 aliphatic heterocycles. The number of carbonyl (C=O) groups is 2. The molecule has 9 heteroatoms. The number of hydrogen-bond donors (Lipinski definition) is 0. The summed E-state index contributed by atoms with van der Waals surface area (Å²) in [6, 6.07) is 15.2. The molecule has 5 nitrogen and oxygen atoms in total. The van der Waals surface area contributed by atoms with Gasteiger partial charge in [-0.2, -0.15) is 0 Å². The Morgan fingerprint density at radius 2 is 1.50 bits per heavy atom. The molecule has 0 aliphatic carbocycles. The van der Waals surface area contributed by atoms with Gasteiger partial charge in [0.05, 0.1) is 16.0 Å². The van der Waals surface area contributed by atoms with Crippen molar-refractivity contribution in [2.24, 2.45) is 5.92 Å². The summed E-state index contributed by atoms with van der Waals surface area (Å²) in [6.07, 6.45) is -0.0200. The van der Waals surface area contributed by atoms with Crippen molar-refractivity contribution >= 4 is 40.8 Å². The van der Waals surface area contributed by atoms with Gasteiger partial charge in [0, 0.05) is 29.8 Å². The molecule has 1 saturated heterocycles. The molecule has 0 aromatic heterocycles. The van der Waals surface area contributed by atoms with Crippen LogP contribution >= 0.6 is 23.2 Å². The van der Waals surface area contributed by atoms with Gasteiger partial charge in [-0.15, -0.1) is 0 Å². The fourth-order valence-corrected chi connectivity index (χ4v) is 4.03. The second-order valence-electron chi connectivity index (χ2n) is 7.70. The van der Waals surface area contributed by atoms with E-state index in [0.717, 1.165) is 0 Å². The summed E-state index contributed by atoms with van der Waals surface area (Å²) >= 11 is 12.0. The number of benzene rings is 3. The molecule has 1 fully saturated rings. The summed E-state index contributed by atoms with van der Waals surface area (Å²) < 4.78 is 38.6. The zero-order valence-corrected chi connectivity index (χ0v) is 19.3. The second kappa shape index (κ2) is 10.4. The molecule has 1 amide bonds. The van der Waals surface area contributed by atoms with Gasteiger partial charge in [0.2, 0.25) is 5.91 Å². The van der Waals surface area contributed by atoms with E-state index in [1.54, 1.807) is 30.3 Å². The van der Waals surface area contributed by atoms with Crippen molar-refractivity contribution < 1.29 is 27.8 Å². The Labute approximate surface area is 204 Å². The molecular formula is C25H19Cl2F2NO4. The van der Waals surface area contributed by atoms with Crippen molar-refractivity contribution in [3.8, 4) is 5.75 Å². The molecular weight excluding hydrogens is 487 g/mol. The van der Waals surface area contributed by atoms with Gasteiger partial charge in [-0.25, -0.2) is 8.78 Å². The summed E-state index contributed by atoms with van der Waals surface area (Å²) in [5.74, 6) is -2.08. The predicted octanol–water partition coefficient (Wildman–Crippen LogP) is 5.95. The topological polar surface area (TPSA) is 55.8 Å². The van der Waals surface area contributed by atoms with Gasteiger partial charge < -0.3 is 14.4 Å². The average Bonchev–Trinajstić information content (AvgIpc) is 3.20. The number of anilines is 1. The third kappa shape index (κ3) is 5.32. The normalized spacial score (nSPS) is 15.5. The summed E-state index contributed by atoms with van der Waals surface area (Å²) in [4.78, 5) is 26.4. The fraction of sp³-hybridized carbons (Fsp3) is 0.200. The van der Waals surface area contributed by atoms with Crippen LogP contribution < -0.4 is 9.64 Å². The highest BCUT2D eigenvalue weighted by atomic mass is 35.5. The molecule has 4 rings (SSSR count). The molecule has 0 spiro atoms. The minimum atomic E-state index is -0.683. The molecule has 0 bridgehead atoms. The molecule has 0 saturated carbocycles. The Kier molecular flexibility index (Phi) is 7.34. The minimum absolute atomic E-state index is 0.0200. The van der Waals surface area contributed by atoms with Crippen LogP contribution in [0.2, 0.25) is 10.0 Å². The Morgan fingerprint density at radius 1 is 0.912 bits per heavy atom. The van der Waals surface area contributed by atoms with Crippen molar-refractivity contribution in [1.29, 1.82) is 0 Å². The van der Waals surface area contributed by atoms with Crippen LogP contribution in [0, 0.1) is 17.6 Å². The van der Waals surface area contributed by atoms with Crippen LogP contribution in [0.4, 0.5) is 14.5 Å². The van der Waals surface area contributed by atoms with E-state index in [1.165, 1.54) is 35.2 Å². The van der Waals surface area contributed by atoms with E-state index in [9.17, 15) is 18.4 Å². The number of ether oxygens (including phenoxy) is 2. The molecule has 3 aromatic carbocycles. The maximum absolute atomic E-state index is 13.9. The average molecular weight is 506 g/mol. The predicted molar refractivity (Wildman–Crippen MR) is 124 cm³/mol. The van der Waals surface area contributed by atoms with Gasteiger partial charge >= 0.3 is 5.97 Å². The highest BCUT2D eigenvalue weighted by Gasteiger charge is 2.36. The first-order valence-corrected chi connectivity index (χ1v) is 11.1. The number of amides is 1. The third-order valence-corrected chi connectivity index (χ3v) is 6.18. The third-order valence-electron chi connectivity index (χ3n) is 5.47. The lowest BCUT2D eigenvalue weighted by Crippen LogP contribution is -2.26. The number of halogens is 4. The Morgan fingerprint density at radius 3 is 2.09 bits per heavy atom. The molecule has 0 unspecified atom stereocenters. The van der Waals surface area contributed by atoms with Crippen LogP contribution in [0.25, 0.3) is 0 Å². The van der Waals surface area contributed by atoms with Crippen LogP contribution in [-0.2, 0) is 27.5 Å². The quantitative estimate of drug-likeness (QED) is 0.372. The lowest BCUT2D eigenvalue weighted by atomic mass is 10.1. The summed E-state index contributed by atoms with van der Waals surface area (Å²) in [7, 11) is 0. The van der Waals surface area contributed by atoms with Crippen molar-refractivity contribution in [2.45, 2.75) is 19.6 Å². The monoisotopic (exact) mass is 505 g/mol. The first-order valence-electron chi connectivity index (χ1n) is 10.4.